The predicted molar refractivity (Wildman–Crippen MR) is 65.5 cm³/mol. The van der Waals surface area contributed by atoms with Crippen LogP contribution in [0, 0.1) is 0 Å². The second kappa shape index (κ2) is 2.64. The number of nitrogens with zero attached hydrogens (tertiary/aromatic N) is 3. The molecule has 3 nitrogen and oxygen atoms in total. The Morgan fingerprint density at radius 1 is 0.812 bits per heavy atom. The lowest BCUT2D eigenvalue weighted by molar-refractivity contribution is 1.48. The van der Waals surface area contributed by atoms with Crippen molar-refractivity contribution in [2.45, 2.75) is 0 Å². The number of hydrogen-bond donors (Lipinski definition) is 0. The zero-order valence-corrected chi connectivity index (χ0v) is 8.38. The average molecular weight is 205 g/mol. The van der Waals surface area contributed by atoms with Crippen molar-refractivity contribution in [2.24, 2.45) is 15.0 Å². The third kappa shape index (κ3) is 0.852. The smallest absolute Gasteiger partial charge is 0.116 e. The van der Waals surface area contributed by atoms with E-state index in [0.717, 1.165) is 27.5 Å². The molecule has 3 heteroatoms. The van der Waals surface area contributed by atoms with E-state index in [1.54, 1.807) is 6.34 Å². The molecule has 74 valence electrons. The highest BCUT2D eigenvalue weighted by Crippen LogP contribution is 2.29. The van der Waals surface area contributed by atoms with Gasteiger partial charge in [-0.1, -0.05) is 12.1 Å². The van der Waals surface area contributed by atoms with Crippen LogP contribution in [0.25, 0.3) is 16.8 Å². The van der Waals surface area contributed by atoms with Crippen molar-refractivity contribution in [3.8, 4) is 0 Å². The van der Waals surface area contributed by atoms with Gasteiger partial charge in [0.25, 0.3) is 0 Å². The third-order valence-electron chi connectivity index (χ3n) is 3.00. The van der Waals surface area contributed by atoms with Crippen LogP contribution in [-0.2, 0) is 0 Å². The molecule has 0 atom stereocenters. The standard InChI is InChI=1S/C13H7N3/c1-2-10-9(12-8(1)5-6-14-12)3-4-11-13(10)16-7-15-11/h1-7H. The molecule has 2 aliphatic rings. The molecule has 0 bridgehead atoms. The van der Waals surface area contributed by atoms with Gasteiger partial charge in [0.15, 0.2) is 0 Å². The summed E-state index contributed by atoms with van der Waals surface area (Å²) in [5.74, 6) is 0. The second-order valence-electron chi connectivity index (χ2n) is 3.85. The lowest BCUT2D eigenvalue weighted by Crippen LogP contribution is -2.01. The average Bonchev–Trinajstić information content (AvgIpc) is 2.96. The summed E-state index contributed by atoms with van der Waals surface area (Å²) in [5.41, 5.74) is 2.00. The van der Waals surface area contributed by atoms with Gasteiger partial charge in [0.1, 0.15) is 6.34 Å². The summed E-state index contributed by atoms with van der Waals surface area (Å²) in [6.07, 6.45) is 5.47. The topological polar surface area (TPSA) is 37.1 Å². The van der Waals surface area contributed by atoms with Crippen LogP contribution in [0.3, 0.4) is 0 Å². The summed E-state index contributed by atoms with van der Waals surface area (Å²) >= 11 is 0. The summed E-state index contributed by atoms with van der Waals surface area (Å²) in [4.78, 5) is 12.9. The summed E-state index contributed by atoms with van der Waals surface area (Å²) in [7, 11) is 0. The number of aliphatic imine (C=N–C) groups is 2. The molecule has 0 N–H and O–H groups in total. The quantitative estimate of drug-likeness (QED) is 0.627. The highest BCUT2D eigenvalue weighted by Gasteiger charge is 2.10. The zero-order valence-electron chi connectivity index (χ0n) is 8.38. The van der Waals surface area contributed by atoms with Gasteiger partial charge in [-0.3, -0.25) is 4.99 Å². The molecule has 2 aliphatic heterocycles. The van der Waals surface area contributed by atoms with Crippen molar-refractivity contribution in [2.75, 3.05) is 0 Å². The molecule has 0 saturated heterocycles. The Morgan fingerprint density at radius 2 is 1.69 bits per heavy atom. The van der Waals surface area contributed by atoms with Gasteiger partial charge < -0.3 is 0 Å². The van der Waals surface area contributed by atoms with Crippen molar-refractivity contribution >= 4 is 40.8 Å². The van der Waals surface area contributed by atoms with Gasteiger partial charge >= 0.3 is 0 Å². The van der Waals surface area contributed by atoms with Crippen molar-refractivity contribution in [1.29, 1.82) is 0 Å². The third-order valence-corrected chi connectivity index (χ3v) is 3.00. The summed E-state index contributed by atoms with van der Waals surface area (Å²) in [6.45, 7) is 0. The van der Waals surface area contributed by atoms with E-state index >= 15 is 0 Å². The van der Waals surface area contributed by atoms with Crippen LogP contribution in [0.4, 0.5) is 11.4 Å². The number of fused-ring (bicyclic) bond motifs is 5. The highest BCUT2D eigenvalue weighted by atomic mass is 14.9. The Labute approximate surface area is 91.2 Å². The Morgan fingerprint density at radius 3 is 2.69 bits per heavy atom. The second-order valence-corrected chi connectivity index (χ2v) is 3.85. The fraction of sp³-hybridized carbons (Fsp3) is 0. The van der Waals surface area contributed by atoms with E-state index in [0.29, 0.717) is 0 Å². The van der Waals surface area contributed by atoms with E-state index in [9.17, 15) is 0 Å². The van der Waals surface area contributed by atoms with E-state index in [2.05, 4.69) is 33.2 Å². The highest BCUT2D eigenvalue weighted by molar-refractivity contribution is 6.07. The largest absolute Gasteiger partial charge is 0.256 e. The molecule has 2 aromatic rings. The Bertz CT molecular complexity index is 729. The molecule has 0 unspecified atom stereocenters. The van der Waals surface area contributed by atoms with Gasteiger partial charge in [-0.2, -0.15) is 0 Å². The molecule has 16 heavy (non-hydrogen) atoms. The first-order chi connectivity index (χ1) is 7.93. The van der Waals surface area contributed by atoms with Crippen LogP contribution in [0.5, 0.6) is 0 Å². The maximum atomic E-state index is 4.39. The molecule has 2 heterocycles. The van der Waals surface area contributed by atoms with E-state index < -0.39 is 0 Å². The van der Waals surface area contributed by atoms with Gasteiger partial charge in [-0.05, 0) is 18.2 Å². The van der Waals surface area contributed by atoms with Crippen LogP contribution in [0.1, 0.15) is 0 Å². The first-order valence-electron chi connectivity index (χ1n) is 5.14. The van der Waals surface area contributed by atoms with Crippen molar-refractivity contribution in [3.63, 3.8) is 0 Å². The van der Waals surface area contributed by atoms with E-state index in [1.807, 2.05) is 18.4 Å². The minimum absolute atomic E-state index is 0.943. The molecule has 2 aromatic carbocycles. The first-order valence-corrected chi connectivity index (χ1v) is 5.14. The van der Waals surface area contributed by atoms with E-state index in [4.69, 9.17) is 0 Å². The summed E-state index contributed by atoms with van der Waals surface area (Å²) in [5, 5.41) is 4.39. The van der Waals surface area contributed by atoms with E-state index in [-0.39, 0.29) is 0 Å². The molecule has 0 radical (unpaired) electrons. The van der Waals surface area contributed by atoms with Crippen molar-refractivity contribution in [1.82, 2.24) is 0 Å². The van der Waals surface area contributed by atoms with Gasteiger partial charge in [-0.25, -0.2) is 9.98 Å². The van der Waals surface area contributed by atoms with Crippen LogP contribution in [-0.4, -0.2) is 12.6 Å². The molecular weight excluding hydrogens is 198 g/mol. The molecule has 0 aromatic heterocycles. The number of rotatable bonds is 0. The van der Waals surface area contributed by atoms with Crippen LogP contribution >= 0.6 is 0 Å². The molecule has 4 rings (SSSR count). The maximum absolute atomic E-state index is 4.39. The first kappa shape index (κ1) is 7.93. The molecule has 0 spiro atoms. The van der Waals surface area contributed by atoms with Gasteiger partial charge in [0.05, 0.1) is 16.7 Å². The molecule has 0 aliphatic carbocycles. The SMILES string of the molecule is C1=Nc2c(ccc3c4c(ccc23)=NC=N4)=C1. The minimum atomic E-state index is 0.943. The summed E-state index contributed by atoms with van der Waals surface area (Å²) < 4.78 is 0. The van der Waals surface area contributed by atoms with E-state index in [1.165, 1.54) is 5.22 Å². The fourth-order valence-electron chi connectivity index (χ4n) is 2.24. The number of hydrogen-bond acceptors (Lipinski definition) is 3. The van der Waals surface area contributed by atoms with Crippen LogP contribution in [0.15, 0.2) is 39.2 Å². The zero-order chi connectivity index (χ0) is 10.5. The fourth-order valence-corrected chi connectivity index (χ4v) is 2.24. The van der Waals surface area contributed by atoms with Gasteiger partial charge in [0.2, 0.25) is 0 Å². The molecule has 0 saturated carbocycles. The Kier molecular flexibility index (Phi) is 1.31. The van der Waals surface area contributed by atoms with Crippen LogP contribution < -0.4 is 10.6 Å². The van der Waals surface area contributed by atoms with Crippen LogP contribution in [0.2, 0.25) is 0 Å². The number of benzene rings is 2. The van der Waals surface area contributed by atoms with Gasteiger partial charge in [-0.15, -0.1) is 0 Å². The molecular formula is C13H7N3. The van der Waals surface area contributed by atoms with Gasteiger partial charge in [0, 0.05) is 22.2 Å². The molecule has 0 amide bonds. The lowest BCUT2D eigenvalue weighted by Gasteiger charge is -2.02. The predicted octanol–water partition coefficient (Wildman–Crippen LogP) is 1.63. The normalized spacial score (nSPS) is 14.8. The summed E-state index contributed by atoms with van der Waals surface area (Å²) in [6, 6.07) is 8.25. The Balaban J connectivity index is 2.30. The maximum Gasteiger partial charge on any atom is 0.116 e. The van der Waals surface area contributed by atoms with Crippen molar-refractivity contribution in [3.05, 3.63) is 34.8 Å². The van der Waals surface area contributed by atoms with Crippen molar-refractivity contribution < 1.29 is 0 Å². The lowest BCUT2D eigenvalue weighted by atomic mass is 10.1. The Hall–Kier alpha value is -2.29. The molecule has 0 fully saturated rings. The minimum Gasteiger partial charge on any atom is -0.256 e. The monoisotopic (exact) mass is 205 g/mol.